The highest BCUT2D eigenvalue weighted by Crippen LogP contribution is 2.15. The molecule has 18 heavy (non-hydrogen) atoms. The van der Waals surface area contributed by atoms with Crippen LogP contribution in [0.1, 0.15) is 29.2 Å². The zero-order chi connectivity index (χ0) is 13.0. The van der Waals surface area contributed by atoms with E-state index in [1.165, 1.54) is 4.88 Å². The molecule has 2 heterocycles. The number of nitrogens with two attached hydrogens (primary N) is 1. The number of rotatable bonds is 5. The van der Waals surface area contributed by atoms with Crippen LogP contribution in [0.5, 0.6) is 5.75 Å². The highest BCUT2D eigenvalue weighted by Gasteiger charge is 2.03. The van der Waals surface area contributed by atoms with Gasteiger partial charge in [-0.3, -0.25) is 4.98 Å². The van der Waals surface area contributed by atoms with Gasteiger partial charge in [0.15, 0.2) is 0 Å². The summed E-state index contributed by atoms with van der Waals surface area (Å²) in [5, 5.41) is 0. The van der Waals surface area contributed by atoms with Gasteiger partial charge in [0, 0.05) is 17.3 Å². The number of aromatic nitrogens is 2. The summed E-state index contributed by atoms with van der Waals surface area (Å²) >= 11 is 1.67. The highest BCUT2D eigenvalue weighted by atomic mass is 32.1. The number of pyridine rings is 1. The second kappa shape index (κ2) is 5.93. The topological polar surface area (TPSA) is 61.0 Å². The molecule has 0 saturated carbocycles. The Morgan fingerprint density at radius 3 is 2.78 bits per heavy atom. The van der Waals surface area contributed by atoms with Crippen LogP contribution in [0, 0.1) is 6.92 Å². The Bertz CT molecular complexity index is 493. The van der Waals surface area contributed by atoms with E-state index < -0.39 is 0 Å². The summed E-state index contributed by atoms with van der Waals surface area (Å²) in [5.41, 5.74) is 9.57. The largest absolute Gasteiger partial charge is 0.492 e. The lowest BCUT2D eigenvalue weighted by atomic mass is 10.2. The van der Waals surface area contributed by atoms with Gasteiger partial charge >= 0.3 is 0 Å². The quantitative estimate of drug-likeness (QED) is 0.900. The number of ether oxygens (including phenoxy) is 1. The van der Waals surface area contributed by atoms with Crippen LogP contribution in [0.15, 0.2) is 23.8 Å². The van der Waals surface area contributed by atoms with Crippen LogP contribution in [-0.2, 0) is 6.42 Å². The first-order valence-corrected chi connectivity index (χ1v) is 6.78. The molecule has 0 bridgehead atoms. The Hall–Kier alpha value is -1.46. The summed E-state index contributed by atoms with van der Waals surface area (Å²) in [5.74, 6) is 0.779. The minimum absolute atomic E-state index is 0.0427. The molecule has 0 amide bonds. The molecular formula is C13H17N3OS. The van der Waals surface area contributed by atoms with Crippen molar-refractivity contribution in [1.82, 2.24) is 9.97 Å². The molecular weight excluding hydrogens is 246 g/mol. The molecule has 0 aliphatic heterocycles. The van der Waals surface area contributed by atoms with Gasteiger partial charge < -0.3 is 10.5 Å². The Morgan fingerprint density at radius 2 is 2.22 bits per heavy atom. The fraction of sp³-hybridized carbons (Fsp3) is 0.385. The van der Waals surface area contributed by atoms with Crippen molar-refractivity contribution in [1.29, 1.82) is 0 Å². The van der Waals surface area contributed by atoms with Crippen LogP contribution in [-0.4, -0.2) is 16.6 Å². The second-order valence-electron chi connectivity index (χ2n) is 4.17. The first-order valence-electron chi connectivity index (χ1n) is 5.90. The molecule has 2 aromatic rings. The molecule has 0 aromatic carbocycles. The summed E-state index contributed by atoms with van der Waals surface area (Å²) < 4.78 is 5.64. The number of hydrogen-bond donors (Lipinski definition) is 1. The molecule has 0 saturated heterocycles. The van der Waals surface area contributed by atoms with Crippen molar-refractivity contribution in [2.75, 3.05) is 6.61 Å². The molecule has 0 fully saturated rings. The zero-order valence-corrected chi connectivity index (χ0v) is 11.4. The average Bonchev–Trinajstić information content (AvgIpc) is 2.76. The van der Waals surface area contributed by atoms with Gasteiger partial charge in [-0.1, -0.05) is 0 Å². The average molecular weight is 263 g/mol. The van der Waals surface area contributed by atoms with Crippen molar-refractivity contribution >= 4 is 11.3 Å². The molecule has 2 N–H and O–H groups in total. The molecule has 0 aliphatic carbocycles. The van der Waals surface area contributed by atoms with E-state index in [0.29, 0.717) is 6.61 Å². The number of hydrogen-bond acceptors (Lipinski definition) is 5. The van der Waals surface area contributed by atoms with Gasteiger partial charge in [0.2, 0.25) is 0 Å². The molecule has 0 unspecified atom stereocenters. The van der Waals surface area contributed by atoms with Crippen LogP contribution in [0.4, 0.5) is 0 Å². The van der Waals surface area contributed by atoms with Crippen molar-refractivity contribution in [2.45, 2.75) is 26.3 Å². The number of nitrogens with zero attached hydrogens (tertiary/aromatic N) is 2. The van der Waals surface area contributed by atoms with Crippen LogP contribution in [0.2, 0.25) is 0 Å². The third-order valence-electron chi connectivity index (χ3n) is 2.67. The maximum atomic E-state index is 5.74. The standard InChI is InChI=1S/C13H17N3OS/c1-9(14)12-4-3-11(7-15-12)17-6-5-13-10(2)16-8-18-13/h3-4,7-9H,5-6,14H2,1-2H3/t9-/m0/s1. The predicted octanol–water partition coefficient (Wildman–Crippen LogP) is 2.49. The van der Waals surface area contributed by atoms with Gasteiger partial charge in [0.05, 0.1) is 29.7 Å². The summed E-state index contributed by atoms with van der Waals surface area (Å²) in [4.78, 5) is 9.73. The first-order chi connectivity index (χ1) is 8.66. The minimum atomic E-state index is -0.0427. The third-order valence-corrected chi connectivity index (χ3v) is 3.66. The lowest BCUT2D eigenvalue weighted by Gasteiger charge is -2.07. The van der Waals surface area contributed by atoms with E-state index >= 15 is 0 Å². The molecule has 0 radical (unpaired) electrons. The van der Waals surface area contributed by atoms with Gasteiger partial charge in [-0.2, -0.15) is 0 Å². The predicted molar refractivity (Wildman–Crippen MR) is 72.9 cm³/mol. The maximum Gasteiger partial charge on any atom is 0.137 e. The summed E-state index contributed by atoms with van der Waals surface area (Å²) in [6.45, 7) is 4.57. The normalized spacial score (nSPS) is 12.4. The Morgan fingerprint density at radius 1 is 1.39 bits per heavy atom. The smallest absolute Gasteiger partial charge is 0.137 e. The number of aryl methyl sites for hydroxylation is 1. The molecule has 2 aromatic heterocycles. The minimum Gasteiger partial charge on any atom is -0.492 e. The molecule has 0 aliphatic rings. The van der Waals surface area contributed by atoms with E-state index in [1.54, 1.807) is 17.5 Å². The van der Waals surface area contributed by atoms with Gasteiger partial charge in [0.25, 0.3) is 0 Å². The van der Waals surface area contributed by atoms with E-state index in [2.05, 4.69) is 9.97 Å². The molecule has 2 rings (SSSR count). The van der Waals surface area contributed by atoms with E-state index in [-0.39, 0.29) is 6.04 Å². The van der Waals surface area contributed by atoms with Crippen LogP contribution in [0.3, 0.4) is 0 Å². The van der Waals surface area contributed by atoms with E-state index in [1.807, 2.05) is 31.5 Å². The fourth-order valence-corrected chi connectivity index (χ4v) is 2.34. The van der Waals surface area contributed by atoms with Crippen molar-refractivity contribution < 1.29 is 4.74 Å². The SMILES string of the molecule is Cc1ncsc1CCOc1ccc([C@H](C)N)nc1. The maximum absolute atomic E-state index is 5.74. The van der Waals surface area contributed by atoms with Gasteiger partial charge in [-0.15, -0.1) is 11.3 Å². The molecule has 96 valence electrons. The van der Waals surface area contributed by atoms with Crippen molar-refractivity contribution in [3.63, 3.8) is 0 Å². The fourth-order valence-electron chi connectivity index (χ4n) is 1.57. The van der Waals surface area contributed by atoms with Gasteiger partial charge in [-0.05, 0) is 26.0 Å². The molecule has 0 spiro atoms. The summed E-state index contributed by atoms with van der Waals surface area (Å²) in [6, 6.07) is 3.77. The van der Waals surface area contributed by atoms with Crippen LogP contribution in [0.25, 0.3) is 0 Å². The van der Waals surface area contributed by atoms with E-state index in [4.69, 9.17) is 10.5 Å². The Labute approximate surface area is 111 Å². The second-order valence-corrected chi connectivity index (χ2v) is 5.11. The van der Waals surface area contributed by atoms with Gasteiger partial charge in [-0.25, -0.2) is 4.98 Å². The van der Waals surface area contributed by atoms with Crippen LogP contribution < -0.4 is 10.5 Å². The van der Waals surface area contributed by atoms with E-state index in [0.717, 1.165) is 23.6 Å². The van der Waals surface area contributed by atoms with Gasteiger partial charge in [0.1, 0.15) is 5.75 Å². The lowest BCUT2D eigenvalue weighted by molar-refractivity contribution is 0.321. The van der Waals surface area contributed by atoms with Crippen LogP contribution >= 0.6 is 11.3 Å². The third kappa shape index (κ3) is 3.27. The molecule has 1 atom stereocenters. The van der Waals surface area contributed by atoms with Crippen molar-refractivity contribution in [3.05, 3.63) is 40.1 Å². The Balaban J connectivity index is 1.85. The zero-order valence-electron chi connectivity index (χ0n) is 10.6. The van der Waals surface area contributed by atoms with Crippen molar-refractivity contribution in [2.24, 2.45) is 5.73 Å². The highest BCUT2D eigenvalue weighted by molar-refractivity contribution is 7.09. The lowest BCUT2D eigenvalue weighted by Crippen LogP contribution is -2.07. The summed E-state index contributed by atoms with van der Waals surface area (Å²) in [6.07, 6.45) is 2.60. The van der Waals surface area contributed by atoms with Crippen molar-refractivity contribution in [3.8, 4) is 5.75 Å². The Kier molecular flexibility index (Phi) is 4.28. The first kappa shape index (κ1) is 13.0. The molecule has 4 nitrogen and oxygen atoms in total. The summed E-state index contributed by atoms with van der Waals surface area (Å²) in [7, 11) is 0. The monoisotopic (exact) mass is 263 g/mol. The van der Waals surface area contributed by atoms with E-state index in [9.17, 15) is 0 Å². The number of thiazole rings is 1. The molecule has 5 heteroatoms.